The second-order valence-corrected chi connectivity index (χ2v) is 5.39. The lowest BCUT2D eigenvalue weighted by atomic mass is 10.2. The summed E-state index contributed by atoms with van der Waals surface area (Å²) in [4.78, 5) is 4.16. The molecule has 0 amide bonds. The first-order chi connectivity index (χ1) is 7.62. The lowest BCUT2D eigenvalue weighted by Gasteiger charge is -2.08. The summed E-state index contributed by atoms with van der Waals surface area (Å²) in [6, 6.07) is 8.99. The molecule has 2 aromatic rings. The minimum atomic E-state index is -3.24. The van der Waals surface area contributed by atoms with E-state index in [0.29, 0.717) is 5.69 Å². The van der Waals surface area contributed by atoms with Crippen LogP contribution in [0.3, 0.4) is 0 Å². The van der Waals surface area contributed by atoms with Gasteiger partial charge in [-0.2, -0.15) is 0 Å². The van der Waals surface area contributed by atoms with Gasteiger partial charge in [0.25, 0.3) is 0 Å². The van der Waals surface area contributed by atoms with Crippen LogP contribution in [-0.4, -0.2) is 19.2 Å². The fourth-order valence-electron chi connectivity index (χ4n) is 1.43. The number of pyridine rings is 1. The summed E-state index contributed by atoms with van der Waals surface area (Å²) in [5, 5.41) is 0.807. The maximum absolute atomic E-state index is 11.5. The highest BCUT2D eigenvalue weighted by atomic mass is 32.2. The zero-order chi connectivity index (χ0) is 11.6. The average Bonchev–Trinajstić information content (AvgIpc) is 2.29. The van der Waals surface area contributed by atoms with Gasteiger partial charge in [-0.3, -0.25) is 9.71 Å². The van der Waals surface area contributed by atoms with Crippen molar-refractivity contribution in [3.05, 3.63) is 36.5 Å². The van der Waals surface area contributed by atoms with Crippen molar-refractivity contribution in [1.29, 1.82) is 0 Å². The van der Waals surface area contributed by atoms with Gasteiger partial charge in [-0.25, -0.2) is 8.42 Å². The molecule has 84 valence electrons. The van der Waals surface area contributed by atoms with E-state index in [1.54, 1.807) is 31.3 Å². The summed E-state index contributed by atoms with van der Waals surface area (Å²) in [7, 11) is -3.24. The molecule has 0 aliphatic heterocycles. The summed E-state index contributed by atoms with van der Waals surface area (Å²) in [5.41, 5.74) is 1.35. The molecule has 0 aliphatic rings. The van der Waals surface area contributed by atoms with Crippen LogP contribution in [0.4, 0.5) is 5.69 Å². The number of fused-ring (bicyclic) bond motifs is 1. The summed E-state index contributed by atoms with van der Waals surface area (Å²) in [5.74, 6) is 0.0592. The van der Waals surface area contributed by atoms with Crippen molar-refractivity contribution in [3.63, 3.8) is 0 Å². The molecule has 0 saturated heterocycles. The number of benzene rings is 1. The van der Waals surface area contributed by atoms with Crippen LogP contribution in [0.25, 0.3) is 10.9 Å². The normalized spacial score (nSPS) is 11.6. The third-order valence-electron chi connectivity index (χ3n) is 2.29. The molecule has 1 aromatic heterocycles. The Bertz CT molecular complexity index is 603. The molecule has 1 heterocycles. The van der Waals surface area contributed by atoms with Crippen LogP contribution in [-0.2, 0) is 10.0 Å². The second-order valence-electron chi connectivity index (χ2n) is 3.38. The number of aromatic nitrogens is 1. The second kappa shape index (κ2) is 4.09. The Morgan fingerprint density at radius 3 is 2.81 bits per heavy atom. The van der Waals surface area contributed by atoms with Crippen LogP contribution in [0.5, 0.6) is 0 Å². The molecule has 4 nitrogen and oxygen atoms in total. The van der Waals surface area contributed by atoms with Gasteiger partial charge in [0.15, 0.2) is 0 Å². The van der Waals surface area contributed by atoms with Gasteiger partial charge in [-0.05, 0) is 31.2 Å². The lowest BCUT2D eigenvalue weighted by Crippen LogP contribution is -2.14. The molecule has 0 spiro atoms. The van der Waals surface area contributed by atoms with E-state index in [-0.39, 0.29) is 5.75 Å². The predicted molar refractivity (Wildman–Crippen MR) is 64.8 cm³/mol. The topological polar surface area (TPSA) is 59.1 Å². The SMILES string of the molecule is CCS(=O)(=O)Nc1cccc2ncccc12. The van der Waals surface area contributed by atoms with E-state index in [2.05, 4.69) is 9.71 Å². The van der Waals surface area contributed by atoms with E-state index in [4.69, 9.17) is 0 Å². The Labute approximate surface area is 94.4 Å². The number of sulfonamides is 1. The summed E-state index contributed by atoms with van der Waals surface area (Å²) in [6.07, 6.45) is 1.68. The number of nitrogens with one attached hydrogen (secondary N) is 1. The van der Waals surface area contributed by atoms with Crippen molar-refractivity contribution >= 4 is 26.6 Å². The smallest absolute Gasteiger partial charge is 0.232 e. The van der Waals surface area contributed by atoms with Gasteiger partial charge in [0, 0.05) is 11.6 Å². The molecule has 0 unspecified atom stereocenters. The number of nitrogens with zero attached hydrogens (tertiary/aromatic N) is 1. The van der Waals surface area contributed by atoms with Crippen LogP contribution in [0.1, 0.15) is 6.92 Å². The molecule has 2 rings (SSSR count). The highest BCUT2D eigenvalue weighted by Gasteiger charge is 2.08. The molecule has 0 bridgehead atoms. The molecule has 0 fully saturated rings. The highest BCUT2D eigenvalue weighted by Crippen LogP contribution is 2.22. The molecule has 16 heavy (non-hydrogen) atoms. The number of anilines is 1. The van der Waals surface area contributed by atoms with Gasteiger partial charge >= 0.3 is 0 Å². The van der Waals surface area contributed by atoms with Gasteiger partial charge in [-0.15, -0.1) is 0 Å². The van der Waals surface area contributed by atoms with Crippen LogP contribution in [0.15, 0.2) is 36.5 Å². The molecule has 0 atom stereocenters. The fraction of sp³-hybridized carbons (Fsp3) is 0.182. The van der Waals surface area contributed by atoms with E-state index in [9.17, 15) is 8.42 Å². The Morgan fingerprint density at radius 1 is 1.25 bits per heavy atom. The maximum Gasteiger partial charge on any atom is 0.232 e. The van der Waals surface area contributed by atoms with Gasteiger partial charge in [0.2, 0.25) is 10.0 Å². The molecular weight excluding hydrogens is 224 g/mol. The Kier molecular flexibility index (Phi) is 2.78. The quantitative estimate of drug-likeness (QED) is 0.886. The zero-order valence-electron chi connectivity index (χ0n) is 8.84. The van der Waals surface area contributed by atoms with Gasteiger partial charge in [0.1, 0.15) is 0 Å². The van der Waals surface area contributed by atoms with Crippen molar-refractivity contribution in [2.24, 2.45) is 0 Å². The fourth-order valence-corrected chi connectivity index (χ4v) is 2.09. The molecule has 0 radical (unpaired) electrons. The van der Waals surface area contributed by atoms with Crippen LogP contribution < -0.4 is 4.72 Å². The molecular formula is C11H12N2O2S. The molecule has 0 aliphatic carbocycles. The van der Waals surface area contributed by atoms with Gasteiger partial charge in [0.05, 0.1) is 17.0 Å². The Balaban J connectivity index is 2.53. The molecule has 5 heteroatoms. The number of rotatable bonds is 3. The maximum atomic E-state index is 11.5. The highest BCUT2D eigenvalue weighted by molar-refractivity contribution is 7.92. The summed E-state index contributed by atoms with van der Waals surface area (Å²) >= 11 is 0. The van der Waals surface area contributed by atoms with Crippen LogP contribution in [0.2, 0.25) is 0 Å². The molecule has 1 N–H and O–H groups in total. The van der Waals surface area contributed by atoms with E-state index >= 15 is 0 Å². The summed E-state index contributed by atoms with van der Waals surface area (Å²) < 4.78 is 25.5. The third-order valence-corrected chi connectivity index (χ3v) is 3.58. The Hall–Kier alpha value is -1.62. The first kappa shape index (κ1) is 10.9. The van der Waals surface area contributed by atoms with E-state index in [0.717, 1.165) is 10.9 Å². The molecule has 1 aromatic carbocycles. The van der Waals surface area contributed by atoms with E-state index in [1.165, 1.54) is 0 Å². The van der Waals surface area contributed by atoms with Crippen molar-refractivity contribution < 1.29 is 8.42 Å². The molecule has 0 saturated carbocycles. The first-order valence-corrected chi connectivity index (χ1v) is 6.62. The number of hydrogen-bond donors (Lipinski definition) is 1. The first-order valence-electron chi connectivity index (χ1n) is 4.96. The minimum absolute atomic E-state index is 0.0592. The lowest BCUT2D eigenvalue weighted by molar-refractivity contribution is 0.602. The largest absolute Gasteiger partial charge is 0.283 e. The van der Waals surface area contributed by atoms with Crippen LogP contribution >= 0.6 is 0 Å². The third kappa shape index (κ3) is 2.14. The predicted octanol–water partition coefficient (Wildman–Crippen LogP) is 2.00. The average molecular weight is 236 g/mol. The van der Waals surface area contributed by atoms with Gasteiger partial charge in [-0.1, -0.05) is 6.07 Å². The van der Waals surface area contributed by atoms with Crippen molar-refractivity contribution in [2.75, 3.05) is 10.5 Å². The van der Waals surface area contributed by atoms with Crippen molar-refractivity contribution in [3.8, 4) is 0 Å². The van der Waals surface area contributed by atoms with E-state index in [1.807, 2.05) is 12.1 Å². The van der Waals surface area contributed by atoms with Crippen molar-refractivity contribution in [2.45, 2.75) is 6.92 Å². The minimum Gasteiger partial charge on any atom is -0.283 e. The van der Waals surface area contributed by atoms with Crippen LogP contribution in [0, 0.1) is 0 Å². The van der Waals surface area contributed by atoms with Gasteiger partial charge < -0.3 is 0 Å². The Morgan fingerprint density at radius 2 is 2.06 bits per heavy atom. The zero-order valence-corrected chi connectivity index (χ0v) is 9.66. The van der Waals surface area contributed by atoms with Crippen molar-refractivity contribution in [1.82, 2.24) is 4.98 Å². The standard InChI is InChI=1S/C11H12N2O2S/c1-2-16(14,15)13-11-7-3-6-10-9(11)5-4-8-12-10/h3-8,13H,2H2,1H3. The number of hydrogen-bond acceptors (Lipinski definition) is 3. The monoisotopic (exact) mass is 236 g/mol. The van der Waals surface area contributed by atoms with E-state index < -0.39 is 10.0 Å². The summed E-state index contributed by atoms with van der Waals surface area (Å²) in [6.45, 7) is 1.60.